The molecule has 0 spiro atoms. The van der Waals surface area contributed by atoms with Crippen molar-refractivity contribution in [2.45, 2.75) is 59.4 Å². The van der Waals surface area contributed by atoms with Crippen molar-refractivity contribution in [1.29, 1.82) is 0 Å². The summed E-state index contributed by atoms with van der Waals surface area (Å²) in [4.78, 5) is 21.2. The summed E-state index contributed by atoms with van der Waals surface area (Å²) >= 11 is 0. The number of guanidine groups is 1. The first-order valence-electron chi connectivity index (χ1n) is 12.4. The third kappa shape index (κ3) is 11.9. The Morgan fingerprint density at radius 2 is 1.85 bits per heavy atom. The van der Waals surface area contributed by atoms with E-state index >= 15 is 0 Å². The summed E-state index contributed by atoms with van der Waals surface area (Å²) < 4.78 is 5.86. The summed E-state index contributed by atoms with van der Waals surface area (Å²) in [5.41, 5.74) is 1.15. The van der Waals surface area contributed by atoms with Crippen LogP contribution in [0.4, 0.5) is 0 Å². The zero-order valence-electron chi connectivity index (χ0n) is 20.8. The highest BCUT2D eigenvalue weighted by Crippen LogP contribution is 2.13. The lowest BCUT2D eigenvalue weighted by molar-refractivity contribution is -0.130. The molecule has 0 bridgehead atoms. The fourth-order valence-electron chi connectivity index (χ4n) is 3.79. The van der Waals surface area contributed by atoms with E-state index < -0.39 is 0 Å². The van der Waals surface area contributed by atoms with E-state index in [0.29, 0.717) is 25.5 Å². The highest BCUT2D eigenvalue weighted by Gasteiger charge is 2.15. The number of halogens is 1. The van der Waals surface area contributed by atoms with Crippen LogP contribution in [0.5, 0.6) is 5.75 Å². The van der Waals surface area contributed by atoms with Crippen LogP contribution in [0, 0.1) is 0 Å². The SMILES string of the molecule is CCNC(=NCc1ccc(OCCN(CC)CC)cc1)NCCCN1CCCCCC1=O.I. The summed E-state index contributed by atoms with van der Waals surface area (Å²) in [6.45, 7) is 14.1. The molecule has 0 atom stereocenters. The number of rotatable bonds is 13. The molecule has 0 unspecified atom stereocenters. The van der Waals surface area contributed by atoms with Gasteiger partial charge in [-0.2, -0.15) is 0 Å². The van der Waals surface area contributed by atoms with Gasteiger partial charge in [0, 0.05) is 39.1 Å². The minimum absolute atomic E-state index is 0. The molecule has 0 saturated carbocycles. The van der Waals surface area contributed by atoms with Crippen molar-refractivity contribution in [1.82, 2.24) is 20.4 Å². The van der Waals surface area contributed by atoms with E-state index in [1.807, 2.05) is 17.0 Å². The summed E-state index contributed by atoms with van der Waals surface area (Å²) in [6.07, 6.45) is 4.96. The molecule has 1 amide bonds. The Balaban J connectivity index is 0.00000544. The first-order chi connectivity index (χ1) is 15.7. The van der Waals surface area contributed by atoms with Gasteiger partial charge in [-0.3, -0.25) is 4.79 Å². The molecule has 2 N–H and O–H groups in total. The van der Waals surface area contributed by atoms with Crippen LogP contribution in [0.2, 0.25) is 0 Å². The minimum atomic E-state index is 0. The van der Waals surface area contributed by atoms with Crippen molar-refractivity contribution in [3.05, 3.63) is 29.8 Å². The average molecular weight is 574 g/mol. The monoisotopic (exact) mass is 573 g/mol. The van der Waals surface area contributed by atoms with Gasteiger partial charge in [-0.05, 0) is 57.0 Å². The first kappa shape index (κ1) is 29.5. The summed E-state index contributed by atoms with van der Waals surface area (Å²) in [7, 11) is 0. The lowest BCUT2D eigenvalue weighted by Crippen LogP contribution is -2.39. The average Bonchev–Trinajstić information content (AvgIpc) is 3.02. The number of likely N-dealkylation sites (tertiary alicyclic amines) is 1. The van der Waals surface area contributed by atoms with E-state index in [-0.39, 0.29) is 24.0 Å². The number of carbonyl (C=O) groups is 1. The highest BCUT2D eigenvalue weighted by atomic mass is 127. The molecule has 8 heteroatoms. The van der Waals surface area contributed by atoms with Crippen LogP contribution < -0.4 is 15.4 Å². The molecule has 7 nitrogen and oxygen atoms in total. The Kier molecular flexibility index (Phi) is 16.0. The van der Waals surface area contributed by atoms with Gasteiger partial charge in [-0.25, -0.2) is 4.99 Å². The van der Waals surface area contributed by atoms with Gasteiger partial charge in [-0.15, -0.1) is 24.0 Å². The molecule has 33 heavy (non-hydrogen) atoms. The van der Waals surface area contributed by atoms with Crippen LogP contribution in [0.25, 0.3) is 0 Å². The van der Waals surface area contributed by atoms with Gasteiger partial charge in [0.15, 0.2) is 5.96 Å². The first-order valence-corrected chi connectivity index (χ1v) is 12.4. The second-order valence-electron chi connectivity index (χ2n) is 8.19. The smallest absolute Gasteiger partial charge is 0.222 e. The van der Waals surface area contributed by atoms with Crippen molar-refractivity contribution in [3.63, 3.8) is 0 Å². The van der Waals surface area contributed by atoms with Gasteiger partial charge in [0.2, 0.25) is 5.91 Å². The summed E-state index contributed by atoms with van der Waals surface area (Å²) in [6, 6.07) is 8.19. The molecule has 188 valence electrons. The number of carbonyl (C=O) groups excluding carboxylic acids is 1. The molecule has 0 aromatic heterocycles. The van der Waals surface area contributed by atoms with Gasteiger partial charge < -0.3 is 25.2 Å². The summed E-state index contributed by atoms with van der Waals surface area (Å²) in [5.74, 6) is 2.02. The van der Waals surface area contributed by atoms with Crippen LogP contribution in [-0.4, -0.2) is 74.1 Å². The normalized spacial score (nSPS) is 14.6. The Labute approximate surface area is 217 Å². The van der Waals surface area contributed by atoms with Crippen LogP contribution in [0.15, 0.2) is 29.3 Å². The molecular weight excluding hydrogens is 529 g/mol. The highest BCUT2D eigenvalue weighted by molar-refractivity contribution is 14.0. The Morgan fingerprint density at radius 1 is 1.09 bits per heavy atom. The minimum Gasteiger partial charge on any atom is -0.492 e. The van der Waals surface area contributed by atoms with E-state index in [1.54, 1.807) is 0 Å². The van der Waals surface area contributed by atoms with Gasteiger partial charge >= 0.3 is 0 Å². The van der Waals surface area contributed by atoms with E-state index in [2.05, 4.69) is 48.4 Å². The maximum Gasteiger partial charge on any atom is 0.222 e. The number of nitrogens with one attached hydrogen (secondary N) is 2. The third-order valence-corrected chi connectivity index (χ3v) is 5.83. The molecule has 1 saturated heterocycles. The molecule has 0 aliphatic carbocycles. The molecule has 1 aliphatic rings. The predicted octanol–water partition coefficient (Wildman–Crippen LogP) is 3.87. The molecular formula is C25H44IN5O2. The zero-order valence-corrected chi connectivity index (χ0v) is 23.1. The maximum atomic E-state index is 12.1. The molecule has 1 heterocycles. The number of amides is 1. The number of nitrogens with zero attached hydrogens (tertiary/aromatic N) is 3. The van der Waals surface area contributed by atoms with E-state index in [0.717, 1.165) is 82.3 Å². The lowest BCUT2D eigenvalue weighted by Gasteiger charge is -2.20. The molecule has 0 radical (unpaired) electrons. The number of hydrogen-bond acceptors (Lipinski definition) is 4. The van der Waals surface area contributed by atoms with E-state index in [1.165, 1.54) is 6.42 Å². The predicted molar refractivity (Wildman–Crippen MR) is 148 cm³/mol. The Morgan fingerprint density at radius 3 is 2.55 bits per heavy atom. The van der Waals surface area contributed by atoms with Crippen LogP contribution >= 0.6 is 24.0 Å². The largest absolute Gasteiger partial charge is 0.492 e. The number of benzene rings is 1. The van der Waals surface area contributed by atoms with Crippen molar-refractivity contribution >= 4 is 35.8 Å². The molecule has 1 aromatic carbocycles. The van der Waals surface area contributed by atoms with Crippen molar-refractivity contribution < 1.29 is 9.53 Å². The quantitative estimate of drug-likeness (QED) is 0.162. The van der Waals surface area contributed by atoms with Crippen LogP contribution in [0.1, 0.15) is 58.4 Å². The van der Waals surface area contributed by atoms with Crippen LogP contribution in [-0.2, 0) is 11.3 Å². The maximum absolute atomic E-state index is 12.1. The fraction of sp³-hybridized carbons (Fsp3) is 0.680. The van der Waals surface area contributed by atoms with Crippen molar-refractivity contribution in [3.8, 4) is 5.75 Å². The van der Waals surface area contributed by atoms with Gasteiger partial charge in [0.1, 0.15) is 12.4 Å². The number of likely N-dealkylation sites (N-methyl/N-ethyl adjacent to an activating group) is 1. The molecule has 2 rings (SSSR count). The number of aliphatic imine (C=N–C) groups is 1. The Bertz CT molecular complexity index is 680. The van der Waals surface area contributed by atoms with Gasteiger partial charge in [-0.1, -0.05) is 32.4 Å². The van der Waals surface area contributed by atoms with E-state index in [4.69, 9.17) is 9.73 Å². The second-order valence-corrected chi connectivity index (χ2v) is 8.19. The van der Waals surface area contributed by atoms with Gasteiger partial charge in [0.05, 0.1) is 6.54 Å². The second kappa shape index (κ2) is 17.9. The molecule has 1 fully saturated rings. The standard InChI is InChI=1S/C25H43N5O2.HI/c1-4-26-25(27-16-10-18-30-17-9-7-8-11-24(30)31)28-21-22-12-14-23(15-13-22)32-20-19-29(5-2)6-3;/h12-15H,4-11,16-21H2,1-3H3,(H2,26,27,28);1H. The Hall–Kier alpha value is -1.55. The van der Waals surface area contributed by atoms with Gasteiger partial charge in [0.25, 0.3) is 0 Å². The fourth-order valence-corrected chi connectivity index (χ4v) is 3.79. The zero-order chi connectivity index (χ0) is 23.0. The topological polar surface area (TPSA) is 69.2 Å². The molecule has 1 aromatic rings. The number of hydrogen-bond donors (Lipinski definition) is 2. The third-order valence-electron chi connectivity index (χ3n) is 5.83. The van der Waals surface area contributed by atoms with Crippen molar-refractivity contribution in [2.24, 2.45) is 4.99 Å². The van der Waals surface area contributed by atoms with Crippen LogP contribution in [0.3, 0.4) is 0 Å². The number of ether oxygens (including phenoxy) is 1. The lowest BCUT2D eigenvalue weighted by atomic mass is 10.2. The van der Waals surface area contributed by atoms with E-state index in [9.17, 15) is 4.79 Å². The molecule has 1 aliphatic heterocycles. The summed E-state index contributed by atoms with van der Waals surface area (Å²) in [5, 5.41) is 6.69. The van der Waals surface area contributed by atoms with Crippen molar-refractivity contribution in [2.75, 3.05) is 52.4 Å².